The lowest BCUT2D eigenvalue weighted by Crippen LogP contribution is -2.23. The topological polar surface area (TPSA) is 86.7 Å². The van der Waals surface area contributed by atoms with Gasteiger partial charge in [-0.05, 0) is 30.5 Å². The van der Waals surface area contributed by atoms with Gasteiger partial charge in [0.15, 0.2) is 11.0 Å². The first kappa shape index (κ1) is 23.6. The first-order chi connectivity index (χ1) is 16.3. The number of nitrogens with one attached hydrogen (secondary N) is 1. The average molecular weight is 477 g/mol. The quantitative estimate of drug-likeness (QED) is 0.405. The minimum absolute atomic E-state index is 0.109. The van der Waals surface area contributed by atoms with Gasteiger partial charge in [0, 0.05) is 19.7 Å². The molecule has 176 valence electrons. The first-order valence-electron chi connectivity index (χ1n) is 11.0. The van der Waals surface area contributed by atoms with Crippen LogP contribution in [0, 0.1) is 6.92 Å². The predicted octanol–water partition coefficient (Wildman–Crippen LogP) is 4.13. The zero-order chi connectivity index (χ0) is 24.4. The van der Waals surface area contributed by atoms with Crippen LogP contribution in [0.25, 0.3) is 17.1 Å². The van der Waals surface area contributed by atoms with Gasteiger partial charge in [0.2, 0.25) is 5.91 Å². The van der Waals surface area contributed by atoms with E-state index in [9.17, 15) is 9.59 Å². The maximum atomic E-state index is 13.0. The Kier molecular flexibility index (Phi) is 6.74. The lowest BCUT2D eigenvalue weighted by Gasteiger charge is -2.07. The van der Waals surface area contributed by atoms with E-state index < -0.39 is 0 Å². The average Bonchev–Trinajstić information content (AvgIpc) is 3.30. The van der Waals surface area contributed by atoms with E-state index in [1.807, 2.05) is 61.0 Å². The standard InChI is InChI=1S/C25H28N6O2S/c1-16(2)18-11-13-19(14-12-18)23-27-28-25(29(23)4)34-15-21(32)26-22-17(3)30(5)31(24(22)33)20-9-7-6-8-10-20/h6-14,16H,15H2,1-5H3,(H,26,32). The molecule has 2 aromatic heterocycles. The molecule has 0 radical (unpaired) electrons. The van der Waals surface area contributed by atoms with Crippen LogP contribution in [0.3, 0.4) is 0 Å². The minimum Gasteiger partial charge on any atom is -0.319 e. The van der Waals surface area contributed by atoms with Gasteiger partial charge in [0.1, 0.15) is 5.69 Å². The monoisotopic (exact) mass is 476 g/mol. The summed E-state index contributed by atoms with van der Waals surface area (Å²) in [4.78, 5) is 25.7. The Morgan fingerprint density at radius 3 is 2.35 bits per heavy atom. The van der Waals surface area contributed by atoms with Crippen LogP contribution in [-0.4, -0.2) is 35.8 Å². The molecule has 9 heteroatoms. The lowest BCUT2D eigenvalue weighted by atomic mass is 10.0. The maximum absolute atomic E-state index is 13.0. The van der Waals surface area contributed by atoms with Crippen molar-refractivity contribution in [2.24, 2.45) is 14.1 Å². The van der Waals surface area contributed by atoms with E-state index >= 15 is 0 Å². The number of hydrogen-bond acceptors (Lipinski definition) is 5. The second kappa shape index (κ2) is 9.72. The largest absolute Gasteiger partial charge is 0.319 e. The van der Waals surface area contributed by atoms with Crippen LogP contribution in [0.15, 0.2) is 64.5 Å². The van der Waals surface area contributed by atoms with Crippen LogP contribution >= 0.6 is 11.8 Å². The normalized spacial score (nSPS) is 11.2. The summed E-state index contributed by atoms with van der Waals surface area (Å²) in [6.07, 6.45) is 0. The highest BCUT2D eigenvalue weighted by molar-refractivity contribution is 7.99. The molecule has 1 N–H and O–H groups in total. The SMILES string of the molecule is Cc1c(NC(=O)CSc2nnc(-c3ccc(C(C)C)cc3)n2C)c(=O)n(-c2ccccc2)n1C. The van der Waals surface area contributed by atoms with Crippen molar-refractivity contribution in [3.63, 3.8) is 0 Å². The summed E-state index contributed by atoms with van der Waals surface area (Å²) in [5, 5.41) is 12.0. The maximum Gasteiger partial charge on any atom is 0.295 e. The molecule has 4 aromatic rings. The Balaban J connectivity index is 1.46. The van der Waals surface area contributed by atoms with E-state index in [0.717, 1.165) is 17.1 Å². The molecule has 0 fully saturated rings. The molecule has 0 aliphatic heterocycles. The summed E-state index contributed by atoms with van der Waals surface area (Å²) in [5.74, 6) is 1.03. The summed E-state index contributed by atoms with van der Waals surface area (Å²) in [6.45, 7) is 6.12. The van der Waals surface area contributed by atoms with Crippen molar-refractivity contribution in [1.82, 2.24) is 24.1 Å². The number of hydrogen-bond donors (Lipinski definition) is 1. The number of amides is 1. The zero-order valence-corrected chi connectivity index (χ0v) is 20.8. The molecule has 34 heavy (non-hydrogen) atoms. The van der Waals surface area contributed by atoms with Crippen molar-refractivity contribution in [2.75, 3.05) is 11.1 Å². The smallest absolute Gasteiger partial charge is 0.295 e. The highest BCUT2D eigenvalue weighted by Crippen LogP contribution is 2.25. The van der Waals surface area contributed by atoms with E-state index in [0.29, 0.717) is 16.8 Å². The molecule has 0 spiro atoms. The molecule has 2 heterocycles. The van der Waals surface area contributed by atoms with Gasteiger partial charge in [-0.2, -0.15) is 0 Å². The van der Waals surface area contributed by atoms with Crippen molar-refractivity contribution in [1.29, 1.82) is 0 Å². The molecule has 0 aliphatic rings. The second-order valence-electron chi connectivity index (χ2n) is 8.42. The summed E-state index contributed by atoms with van der Waals surface area (Å²) < 4.78 is 5.15. The van der Waals surface area contributed by atoms with Gasteiger partial charge in [-0.1, -0.05) is 68.1 Å². The highest BCUT2D eigenvalue weighted by Gasteiger charge is 2.19. The van der Waals surface area contributed by atoms with E-state index in [-0.39, 0.29) is 22.9 Å². The van der Waals surface area contributed by atoms with Gasteiger partial charge in [-0.25, -0.2) is 4.68 Å². The van der Waals surface area contributed by atoms with Crippen molar-refractivity contribution < 1.29 is 4.79 Å². The Morgan fingerprint density at radius 2 is 1.71 bits per heavy atom. The number of nitrogens with zero attached hydrogens (tertiary/aromatic N) is 5. The molecule has 0 unspecified atom stereocenters. The molecule has 2 aromatic carbocycles. The number of benzene rings is 2. The van der Waals surface area contributed by atoms with Crippen molar-refractivity contribution >= 4 is 23.4 Å². The molecule has 0 saturated heterocycles. The van der Waals surface area contributed by atoms with Crippen molar-refractivity contribution in [3.05, 3.63) is 76.2 Å². The van der Waals surface area contributed by atoms with Crippen molar-refractivity contribution in [2.45, 2.75) is 31.8 Å². The fraction of sp³-hybridized carbons (Fsp3) is 0.280. The highest BCUT2D eigenvalue weighted by atomic mass is 32.2. The van der Waals surface area contributed by atoms with E-state index in [2.05, 4.69) is 41.5 Å². The number of carbonyl (C=O) groups excluding carboxylic acids is 1. The van der Waals surface area contributed by atoms with Crippen LogP contribution in [-0.2, 0) is 18.9 Å². The van der Waals surface area contributed by atoms with E-state index in [1.54, 1.807) is 11.7 Å². The van der Waals surface area contributed by atoms with Crippen LogP contribution in [0.2, 0.25) is 0 Å². The van der Waals surface area contributed by atoms with Gasteiger partial charge >= 0.3 is 0 Å². The van der Waals surface area contributed by atoms with Gasteiger partial charge in [0.05, 0.1) is 17.1 Å². The predicted molar refractivity (Wildman–Crippen MR) is 136 cm³/mol. The molecule has 1 amide bonds. The first-order valence-corrected chi connectivity index (χ1v) is 12.0. The third-order valence-electron chi connectivity index (χ3n) is 5.82. The Hall–Kier alpha value is -3.59. The fourth-order valence-electron chi connectivity index (χ4n) is 3.73. The Morgan fingerprint density at radius 1 is 1.03 bits per heavy atom. The Bertz CT molecular complexity index is 1370. The zero-order valence-electron chi connectivity index (χ0n) is 19.9. The summed E-state index contributed by atoms with van der Waals surface area (Å²) in [5.41, 5.74) is 3.66. The van der Waals surface area contributed by atoms with Gasteiger partial charge in [0.25, 0.3) is 5.56 Å². The van der Waals surface area contributed by atoms with Crippen LogP contribution < -0.4 is 10.9 Å². The summed E-state index contributed by atoms with van der Waals surface area (Å²) in [6, 6.07) is 17.6. The number of anilines is 1. The van der Waals surface area contributed by atoms with Gasteiger partial charge in [-0.3, -0.25) is 14.3 Å². The number of rotatable bonds is 7. The number of para-hydroxylation sites is 1. The minimum atomic E-state index is -0.276. The third kappa shape index (κ3) is 4.56. The molecule has 0 aliphatic carbocycles. The fourth-order valence-corrected chi connectivity index (χ4v) is 4.44. The second-order valence-corrected chi connectivity index (χ2v) is 9.36. The molecule has 0 saturated carbocycles. The number of thioether (sulfide) groups is 1. The van der Waals surface area contributed by atoms with Crippen LogP contribution in [0.1, 0.15) is 31.0 Å². The van der Waals surface area contributed by atoms with E-state index in [1.165, 1.54) is 22.0 Å². The molecule has 4 rings (SSSR count). The number of carbonyl (C=O) groups is 1. The number of aromatic nitrogens is 5. The van der Waals surface area contributed by atoms with Gasteiger partial charge in [-0.15, -0.1) is 10.2 Å². The van der Waals surface area contributed by atoms with E-state index in [4.69, 9.17) is 0 Å². The summed E-state index contributed by atoms with van der Waals surface area (Å²) >= 11 is 1.28. The summed E-state index contributed by atoms with van der Waals surface area (Å²) in [7, 11) is 3.68. The third-order valence-corrected chi connectivity index (χ3v) is 6.84. The van der Waals surface area contributed by atoms with Gasteiger partial charge < -0.3 is 9.88 Å². The van der Waals surface area contributed by atoms with Crippen LogP contribution in [0.4, 0.5) is 5.69 Å². The van der Waals surface area contributed by atoms with Crippen molar-refractivity contribution in [3.8, 4) is 17.1 Å². The molecule has 0 bridgehead atoms. The molecule has 0 atom stereocenters. The lowest BCUT2D eigenvalue weighted by molar-refractivity contribution is -0.113. The molecular formula is C25H28N6O2S. The molecule has 8 nitrogen and oxygen atoms in total. The molecular weight excluding hydrogens is 448 g/mol. The Labute approximate surface area is 202 Å². The van der Waals surface area contributed by atoms with Crippen LogP contribution in [0.5, 0.6) is 0 Å².